The molecule has 0 saturated carbocycles. The third-order valence-electron chi connectivity index (χ3n) is 3.09. The molecule has 90 valence electrons. The lowest BCUT2D eigenvalue weighted by atomic mass is 9.97. The number of hydrogen-bond acceptors (Lipinski definition) is 3. The van der Waals surface area contributed by atoms with Crippen molar-refractivity contribution >= 4 is 11.6 Å². The van der Waals surface area contributed by atoms with Crippen LogP contribution in [0.4, 0.5) is 0 Å². The first-order chi connectivity index (χ1) is 7.63. The number of ether oxygens (including phenoxy) is 1. The Labute approximate surface area is 100 Å². The minimum atomic E-state index is -0.583. The Morgan fingerprint density at radius 1 is 1.75 bits per heavy atom. The summed E-state index contributed by atoms with van der Waals surface area (Å²) in [6.07, 6.45) is 2.09. The molecule has 1 N–H and O–H groups in total. The Kier molecular flexibility index (Phi) is 3.52. The summed E-state index contributed by atoms with van der Waals surface area (Å²) in [6, 6.07) is 0. The molecule has 0 spiro atoms. The van der Waals surface area contributed by atoms with Crippen LogP contribution in [0.2, 0.25) is 5.02 Å². The second-order valence-electron chi connectivity index (χ2n) is 4.28. The van der Waals surface area contributed by atoms with Crippen molar-refractivity contribution in [3.05, 3.63) is 16.9 Å². The zero-order chi connectivity index (χ0) is 11.7. The van der Waals surface area contributed by atoms with E-state index in [1.807, 2.05) is 13.8 Å². The zero-order valence-electron chi connectivity index (χ0n) is 9.56. The van der Waals surface area contributed by atoms with Gasteiger partial charge in [-0.15, -0.1) is 0 Å². The highest BCUT2D eigenvalue weighted by Crippen LogP contribution is 2.34. The standard InChI is InChI=1S/C11H17ClN2O2/c1-3-14-10(9(12)5-13-14)11(15)8-4-7(2)16-6-8/h5,7-8,11,15H,3-4,6H2,1-2H3. The van der Waals surface area contributed by atoms with Crippen LogP contribution >= 0.6 is 11.6 Å². The van der Waals surface area contributed by atoms with Crippen molar-refractivity contribution in [2.45, 2.75) is 39.0 Å². The first kappa shape index (κ1) is 11.9. The van der Waals surface area contributed by atoms with Gasteiger partial charge in [-0.05, 0) is 20.3 Å². The molecule has 1 fully saturated rings. The molecule has 16 heavy (non-hydrogen) atoms. The normalized spacial score (nSPS) is 27.2. The summed E-state index contributed by atoms with van der Waals surface area (Å²) in [5, 5.41) is 15.0. The monoisotopic (exact) mass is 244 g/mol. The average Bonchev–Trinajstić information content (AvgIpc) is 2.83. The first-order valence-corrected chi connectivity index (χ1v) is 6.02. The van der Waals surface area contributed by atoms with Crippen molar-refractivity contribution in [2.75, 3.05) is 6.61 Å². The van der Waals surface area contributed by atoms with Crippen LogP contribution < -0.4 is 0 Å². The first-order valence-electron chi connectivity index (χ1n) is 5.64. The lowest BCUT2D eigenvalue weighted by Crippen LogP contribution is -2.17. The Balaban J connectivity index is 2.19. The van der Waals surface area contributed by atoms with Gasteiger partial charge in [0.15, 0.2) is 0 Å². The number of aliphatic hydroxyl groups excluding tert-OH is 1. The number of nitrogens with zero attached hydrogens (tertiary/aromatic N) is 2. The lowest BCUT2D eigenvalue weighted by Gasteiger charge is -2.18. The highest BCUT2D eigenvalue weighted by molar-refractivity contribution is 6.31. The van der Waals surface area contributed by atoms with Crippen LogP contribution in [0.1, 0.15) is 32.1 Å². The number of aliphatic hydroxyl groups is 1. The lowest BCUT2D eigenvalue weighted by molar-refractivity contribution is 0.0754. The van der Waals surface area contributed by atoms with E-state index in [9.17, 15) is 5.11 Å². The molecule has 1 aliphatic heterocycles. The van der Waals surface area contributed by atoms with Crippen molar-refractivity contribution in [2.24, 2.45) is 5.92 Å². The van der Waals surface area contributed by atoms with E-state index in [1.165, 1.54) is 0 Å². The smallest absolute Gasteiger partial charge is 0.102 e. The molecule has 0 aromatic carbocycles. The molecule has 1 saturated heterocycles. The SMILES string of the molecule is CCn1ncc(Cl)c1C(O)C1COC(C)C1. The molecule has 2 heterocycles. The summed E-state index contributed by atoms with van der Waals surface area (Å²) < 4.78 is 7.21. The van der Waals surface area contributed by atoms with Crippen LogP contribution in [0.15, 0.2) is 6.20 Å². The molecule has 1 aliphatic rings. The summed E-state index contributed by atoms with van der Waals surface area (Å²) in [6.45, 7) is 5.30. The quantitative estimate of drug-likeness (QED) is 0.885. The summed E-state index contributed by atoms with van der Waals surface area (Å²) in [4.78, 5) is 0. The van der Waals surface area contributed by atoms with E-state index < -0.39 is 6.10 Å². The number of hydrogen-bond donors (Lipinski definition) is 1. The molecule has 5 heteroatoms. The van der Waals surface area contributed by atoms with Gasteiger partial charge >= 0.3 is 0 Å². The van der Waals surface area contributed by atoms with Crippen LogP contribution in [0.5, 0.6) is 0 Å². The van der Waals surface area contributed by atoms with Crippen molar-refractivity contribution in [1.29, 1.82) is 0 Å². The van der Waals surface area contributed by atoms with Crippen molar-refractivity contribution < 1.29 is 9.84 Å². The van der Waals surface area contributed by atoms with E-state index in [4.69, 9.17) is 16.3 Å². The fraction of sp³-hybridized carbons (Fsp3) is 0.727. The topological polar surface area (TPSA) is 47.3 Å². The Hall–Kier alpha value is -0.580. The van der Waals surface area contributed by atoms with Gasteiger partial charge in [-0.3, -0.25) is 4.68 Å². The van der Waals surface area contributed by atoms with E-state index in [1.54, 1.807) is 10.9 Å². The number of aromatic nitrogens is 2. The molecule has 4 nitrogen and oxygen atoms in total. The van der Waals surface area contributed by atoms with Gasteiger partial charge in [0.05, 0.1) is 29.6 Å². The van der Waals surface area contributed by atoms with Crippen LogP contribution in [0.25, 0.3) is 0 Å². The summed E-state index contributed by atoms with van der Waals surface area (Å²) >= 11 is 6.05. The van der Waals surface area contributed by atoms with Gasteiger partial charge in [0.25, 0.3) is 0 Å². The van der Waals surface area contributed by atoms with E-state index in [-0.39, 0.29) is 12.0 Å². The molecule has 1 aromatic rings. The summed E-state index contributed by atoms with van der Waals surface area (Å²) in [5.41, 5.74) is 0.715. The molecule has 2 rings (SSSR count). The number of rotatable bonds is 3. The van der Waals surface area contributed by atoms with E-state index >= 15 is 0 Å². The van der Waals surface area contributed by atoms with E-state index in [2.05, 4.69) is 5.10 Å². The van der Waals surface area contributed by atoms with Crippen LogP contribution in [0.3, 0.4) is 0 Å². The van der Waals surface area contributed by atoms with Gasteiger partial charge in [-0.1, -0.05) is 11.6 Å². The molecule has 1 aromatic heterocycles. The fourth-order valence-corrected chi connectivity index (χ4v) is 2.46. The average molecular weight is 245 g/mol. The third-order valence-corrected chi connectivity index (χ3v) is 3.38. The number of halogens is 1. The number of aryl methyl sites for hydroxylation is 1. The second kappa shape index (κ2) is 4.73. The minimum Gasteiger partial charge on any atom is -0.386 e. The fourth-order valence-electron chi connectivity index (χ4n) is 2.21. The Morgan fingerprint density at radius 3 is 3.06 bits per heavy atom. The highest BCUT2D eigenvalue weighted by Gasteiger charge is 2.32. The largest absolute Gasteiger partial charge is 0.386 e. The van der Waals surface area contributed by atoms with Crippen LogP contribution in [0, 0.1) is 5.92 Å². The Morgan fingerprint density at radius 2 is 2.50 bits per heavy atom. The maximum absolute atomic E-state index is 10.3. The van der Waals surface area contributed by atoms with Crippen molar-refractivity contribution in [1.82, 2.24) is 9.78 Å². The van der Waals surface area contributed by atoms with Gasteiger partial charge in [-0.25, -0.2) is 0 Å². The third kappa shape index (κ3) is 2.10. The molecule has 0 amide bonds. The van der Waals surface area contributed by atoms with Crippen molar-refractivity contribution in [3.8, 4) is 0 Å². The zero-order valence-corrected chi connectivity index (χ0v) is 10.3. The van der Waals surface area contributed by atoms with E-state index in [0.29, 0.717) is 23.9 Å². The molecule has 3 atom stereocenters. The second-order valence-corrected chi connectivity index (χ2v) is 4.69. The summed E-state index contributed by atoms with van der Waals surface area (Å²) in [5.74, 6) is 0.120. The molecular formula is C11H17ClN2O2. The molecule has 0 bridgehead atoms. The molecule has 0 radical (unpaired) electrons. The van der Waals surface area contributed by atoms with Crippen LogP contribution in [-0.4, -0.2) is 27.6 Å². The van der Waals surface area contributed by atoms with Crippen molar-refractivity contribution in [3.63, 3.8) is 0 Å². The van der Waals surface area contributed by atoms with Gasteiger partial charge in [0.2, 0.25) is 0 Å². The summed E-state index contributed by atoms with van der Waals surface area (Å²) in [7, 11) is 0. The predicted molar refractivity (Wildman–Crippen MR) is 61.4 cm³/mol. The van der Waals surface area contributed by atoms with Gasteiger partial charge in [0.1, 0.15) is 6.10 Å². The minimum absolute atomic E-state index is 0.120. The van der Waals surface area contributed by atoms with Crippen LogP contribution in [-0.2, 0) is 11.3 Å². The molecular weight excluding hydrogens is 228 g/mol. The van der Waals surface area contributed by atoms with Gasteiger partial charge in [-0.2, -0.15) is 5.10 Å². The molecule has 3 unspecified atom stereocenters. The van der Waals surface area contributed by atoms with E-state index in [0.717, 1.165) is 6.42 Å². The maximum Gasteiger partial charge on any atom is 0.102 e. The highest BCUT2D eigenvalue weighted by atomic mass is 35.5. The maximum atomic E-state index is 10.3. The molecule has 0 aliphatic carbocycles. The predicted octanol–water partition coefficient (Wildman–Crippen LogP) is 2.01. The van der Waals surface area contributed by atoms with Gasteiger partial charge in [0, 0.05) is 12.5 Å². The Bertz CT molecular complexity index is 367. The van der Waals surface area contributed by atoms with Gasteiger partial charge < -0.3 is 9.84 Å².